The van der Waals surface area contributed by atoms with Gasteiger partial charge < -0.3 is 25.6 Å². The summed E-state index contributed by atoms with van der Waals surface area (Å²) in [4.78, 5) is 21.9. The lowest BCUT2D eigenvalue weighted by atomic mass is 10.1. The summed E-state index contributed by atoms with van der Waals surface area (Å²) in [6.07, 6.45) is 0. The molecule has 0 aliphatic heterocycles. The van der Waals surface area contributed by atoms with Gasteiger partial charge in [0, 0.05) is 12.2 Å². The molecule has 0 saturated carbocycles. The first-order valence-corrected chi connectivity index (χ1v) is 8.46. The van der Waals surface area contributed by atoms with Crippen LogP contribution in [0.3, 0.4) is 0 Å². The monoisotopic (exact) mass is 422 g/mol. The Hall–Kier alpha value is -2.74. The molecule has 138 valence electrons. The summed E-state index contributed by atoms with van der Waals surface area (Å²) in [6, 6.07) is 8.52. The number of hydrogen-bond donors (Lipinski definition) is 3. The number of ether oxygens (including phenoxy) is 2. The number of halogens is 1. The Morgan fingerprint density at radius 3 is 2.58 bits per heavy atom. The number of hydrogen-bond acceptors (Lipinski definition) is 5. The Kier molecular flexibility index (Phi) is 6.46. The highest BCUT2D eigenvalue weighted by Gasteiger charge is 2.13. The van der Waals surface area contributed by atoms with Crippen molar-refractivity contribution in [3.05, 3.63) is 51.5 Å². The first-order valence-electron chi connectivity index (χ1n) is 7.67. The van der Waals surface area contributed by atoms with Crippen LogP contribution in [0.2, 0.25) is 0 Å². The van der Waals surface area contributed by atoms with E-state index < -0.39 is 11.9 Å². The Labute approximate surface area is 159 Å². The molecule has 2 rings (SSSR count). The molecule has 7 nitrogen and oxygen atoms in total. The second-order valence-electron chi connectivity index (χ2n) is 5.55. The summed E-state index contributed by atoms with van der Waals surface area (Å²) in [5, 5.41) is 12.3. The molecule has 0 aliphatic carbocycles. The summed E-state index contributed by atoms with van der Waals surface area (Å²) in [5.74, 6) is -0.669. The lowest BCUT2D eigenvalue weighted by Crippen LogP contribution is -2.20. The van der Waals surface area contributed by atoms with Crippen LogP contribution in [-0.4, -0.2) is 30.7 Å². The van der Waals surface area contributed by atoms with Crippen molar-refractivity contribution in [2.45, 2.75) is 13.5 Å². The lowest BCUT2D eigenvalue weighted by molar-refractivity contribution is -0.119. The van der Waals surface area contributed by atoms with Gasteiger partial charge in [0.1, 0.15) is 0 Å². The molecule has 26 heavy (non-hydrogen) atoms. The van der Waals surface area contributed by atoms with Gasteiger partial charge in [-0.3, -0.25) is 4.79 Å². The van der Waals surface area contributed by atoms with Crippen LogP contribution in [0.25, 0.3) is 0 Å². The fourth-order valence-electron chi connectivity index (χ4n) is 2.35. The van der Waals surface area contributed by atoms with Crippen molar-refractivity contribution < 1.29 is 24.2 Å². The van der Waals surface area contributed by atoms with E-state index in [0.29, 0.717) is 22.5 Å². The molecule has 0 saturated heterocycles. The summed E-state index contributed by atoms with van der Waals surface area (Å²) in [7, 11) is 1.50. The van der Waals surface area contributed by atoms with Crippen molar-refractivity contribution >= 4 is 33.5 Å². The average Bonchev–Trinajstić information content (AvgIpc) is 2.58. The minimum atomic E-state index is -0.958. The Morgan fingerprint density at radius 2 is 2.00 bits per heavy atom. The van der Waals surface area contributed by atoms with Gasteiger partial charge in [0.15, 0.2) is 18.1 Å². The molecule has 0 bridgehead atoms. The third kappa shape index (κ3) is 4.89. The van der Waals surface area contributed by atoms with Crippen LogP contribution in [-0.2, 0) is 11.3 Å². The first kappa shape index (κ1) is 19.6. The largest absolute Gasteiger partial charge is 0.493 e. The second-order valence-corrected chi connectivity index (χ2v) is 6.41. The van der Waals surface area contributed by atoms with Gasteiger partial charge in [0.05, 0.1) is 17.1 Å². The van der Waals surface area contributed by atoms with Gasteiger partial charge in [-0.25, -0.2) is 4.79 Å². The molecule has 0 heterocycles. The first-order chi connectivity index (χ1) is 12.3. The number of anilines is 1. The number of aryl methyl sites for hydroxylation is 1. The quantitative estimate of drug-likeness (QED) is 0.602. The zero-order valence-corrected chi connectivity index (χ0v) is 15.9. The Balaban J connectivity index is 2.16. The highest BCUT2D eigenvalue weighted by molar-refractivity contribution is 9.10. The van der Waals surface area contributed by atoms with Crippen LogP contribution in [0.5, 0.6) is 11.5 Å². The van der Waals surface area contributed by atoms with Gasteiger partial charge in [0.2, 0.25) is 0 Å². The number of amides is 1. The van der Waals surface area contributed by atoms with Crippen molar-refractivity contribution in [2.24, 2.45) is 5.73 Å². The molecule has 2 aromatic carbocycles. The molecule has 4 N–H and O–H groups in total. The average molecular weight is 423 g/mol. The van der Waals surface area contributed by atoms with E-state index in [-0.39, 0.29) is 12.2 Å². The van der Waals surface area contributed by atoms with Crippen LogP contribution in [0.4, 0.5) is 5.69 Å². The zero-order chi connectivity index (χ0) is 19.3. The van der Waals surface area contributed by atoms with E-state index in [0.717, 1.165) is 16.8 Å². The van der Waals surface area contributed by atoms with Crippen molar-refractivity contribution in [2.75, 3.05) is 19.0 Å². The van der Waals surface area contributed by atoms with Gasteiger partial charge in [-0.05, 0) is 64.3 Å². The molecule has 0 unspecified atom stereocenters. The fraction of sp³-hybridized carbons (Fsp3) is 0.222. The van der Waals surface area contributed by atoms with Crippen molar-refractivity contribution in [3.63, 3.8) is 0 Å². The van der Waals surface area contributed by atoms with E-state index in [1.165, 1.54) is 7.11 Å². The van der Waals surface area contributed by atoms with Gasteiger partial charge in [-0.15, -0.1) is 0 Å². The topological polar surface area (TPSA) is 111 Å². The van der Waals surface area contributed by atoms with E-state index in [1.807, 2.05) is 13.0 Å². The third-order valence-corrected chi connectivity index (χ3v) is 4.19. The summed E-state index contributed by atoms with van der Waals surface area (Å²) < 4.78 is 11.3. The summed E-state index contributed by atoms with van der Waals surface area (Å²) in [5.41, 5.74) is 7.91. The van der Waals surface area contributed by atoms with E-state index in [4.69, 9.17) is 20.3 Å². The number of carbonyl (C=O) groups excluding carboxylic acids is 1. The number of aromatic carboxylic acids is 1. The molecular formula is C18H19BrN2O5. The van der Waals surface area contributed by atoms with Crippen LogP contribution >= 0.6 is 15.9 Å². The molecule has 0 radical (unpaired) electrons. The van der Waals surface area contributed by atoms with Crippen molar-refractivity contribution in [3.8, 4) is 11.5 Å². The number of carbonyl (C=O) groups is 2. The number of carboxylic acid groups (broad SMARTS) is 1. The van der Waals surface area contributed by atoms with Crippen LogP contribution in [0.15, 0.2) is 34.8 Å². The van der Waals surface area contributed by atoms with Crippen molar-refractivity contribution in [1.82, 2.24) is 0 Å². The maximum absolute atomic E-state index is 11.0. The van der Waals surface area contributed by atoms with Crippen LogP contribution in [0.1, 0.15) is 21.5 Å². The predicted molar refractivity (Wildman–Crippen MR) is 101 cm³/mol. The zero-order valence-electron chi connectivity index (χ0n) is 14.3. The molecule has 0 atom stereocenters. The second kappa shape index (κ2) is 8.57. The van der Waals surface area contributed by atoms with Crippen LogP contribution in [0, 0.1) is 6.92 Å². The number of nitrogens with one attached hydrogen (secondary N) is 1. The fourth-order valence-corrected chi connectivity index (χ4v) is 2.95. The van der Waals surface area contributed by atoms with Gasteiger partial charge >= 0.3 is 5.97 Å². The maximum Gasteiger partial charge on any atom is 0.335 e. The summed E-state index contributed by atoms with van der Waals surface area (Å²) in [6.45, 7) is 2.08. The Morgan fingerprint density at radius 1 is 1.27 bits per heavy atom. The molecule has 0 spiro atoms. The van der Waals surface area contributed by atoms with E-state index >= 15 is 0 Å². The Bertz CT molecular complexity index is 839. The molecule has 0 fully saturated rings. The van der Waals surface area contributed by atoms with Gasteiger partial charge in [-0.1, -0.05) is 0 Å². The van der Waals surface area contributed by atoms with Crippen LogP contribution < -0.4 is 20.5 Å². The SMILES string of the molecule is COc1cc(CNc2ccc(C(=O)O)cc2C)cc(Br)c1OCC(N)=O. The number of nitrogens with two attached hydrogens (primary N) is 1. The number of carboxylic acids is 1. The third-order valence-electron chi connectivity index (χ3n) is 3.60. The van der Waals surface area contributed by atoms with Crippen molar-refractivity contribution in [1.29, 1.82) is 0 Å². The maximum atomic E-state index is 11.0. The minimum Gasteiger partial charge on any atom is -0.493 e. The minimum absolute atomic E-state index is 0.244. The van der Waals surface area contributed by atoms with E-state index in [2.05, 4.69) is 21.2 Å². The molecule has 1 amide bonds. The molecule has 0 aliphatic rings. The molecule has 0 aromatic heterocycles. The number of primary amides is 1. The summed E-state index contributed by atoms with van der Waals surface area (Å²) >= 11 is 3.40. The molecular weight excluding hydrogens is 404 g/mol. The van der Waals surface area contributed by atoms with E-state index in [1.54, 1.807) is 24.3 Å². The number of rotatable bonds is 8. The number of methoxy groups -OCH3 is 1. The molecule has 2 aromatic rings. The number of benzene rings is 2. The van der Waals surface area contributed by atoms with Gasteiger partial charge in [-0.2, -0.15) is 0 Å². The molecule has 8 heteroatoms. The van der Waals surface area contributed by atoms with E-state index in [9.17, 15) is 9.59 Å². The predicted octanol–water partition coefficient (Wildman–Crippen LogP) is 2.94. The lowest BCUT2D eigenvalue weighted by Gasteiger charge is -2.15. The highest BCUT2D eigenvalue weighted by atomic mass is 79.9. The smallest absolute Gasteiger partial charge is 0.335 e. The standard InChI is InChI=1S/C18H19BrN2O5/c1-10-5-12(18(23)24)3-4-14(10)21-8-11-6-13(19)17(15(7-11)25-2)26-9-16(20)22/h3-7,21H,8-9H2,1-2H3,(H2,20,22)(H,23,24). The highest BCUT2D eigenvalue weighted by Crippen LogP contribution is 2.37. The van der Waals surface area contributed by atoms with Gasteiger partial charge in [0.25, 0.3) is 5.91 Å². The normalized spacial score (nSPS) is 10.3.